The quantitative estimate of drug-likeness (QED) is 0.532. The Morgan fingerprint density at radius 3 is 1.71 bits per heavy atom. The van der Waals surface area contributed by atoms with E-state index >= 15 is 0 Å². The van der Waals surface area contributed by atoms with Crippen molar-refractivity contribution in [3.8, 4) is 0 Å². The number of phosphoric ester groups is 1. The molecule has 0 aliphatic carbocycles. The third kappa shape index (κ3) is 6.25. The molecule has 0 saturated carbocycles. The van der Waals surface area contributed by atoms with E-state index in [0.717, 1.165) is 0 Å². The molecule has 4 nitrogen and oxygen atoms in total. The Kier molecular flexibility index (Phi) is 5.50. The number of rotatable bonds is 6. The topological polar surface area (TPSA) is 44.8 Å². The largest absolute Gasteiger partial charge is 0.479 e. The summed E-state index contributed by atoms with van der Waals surface area (Å²) in [5, 5.41) is 0. The van der Waals surface area contributed by atoms with Crippen LogP contribution in [-0.4, -0.2) is 26.5 Å². The van der Waals surface area contributed by atoms with Crippen LogP contribution in [0, 0.1) is 0 Å². The van der Waals surface area contributed by atoms with Crippen LogP contribution in [0.15, 0.2) is 0 Å². The monoisotopic (exact) mass is 244 g/mol. The van der Waals surface area contributed by atoms with E-state index in [1.165, 1.54) is 0 Å². The van der Waals surface area contributed by atoms with Crippen LogP contribution in [0.5, 0.6) is 0 Å². The van der Waals surface area contributed by atoms with Gasteiger partial charge in [0.05, 0.1) is 0 Å². The van der Waals surface area contributed by atoms with Gasteiger partial charge in [0.25, 0.3) is 0 Å². The molecule has 0 unspecified atom stereocenters. The van der Waals surface area contributed by atoms with Crippen LogP contribution < -0.4 is 0 Å². The Hall–Kier alpha value is -0.240. The van der Waals surface area contributed by atoms with E-state index in [1.807, 2.05) is 0 Å². The molecular weight excluding hydrogens is 238 g/mol. The molecule has 0 heterocycles. The predicted molar refractivity (Wildman–Crippen MR) is 33.7 cm³/mol. The van der Waals surface area contributed by atoms with Gasteiger partial charge in [0.15, 0.2) is 20.3 Å². The Morgan fingerprint density at radius 2 is 1.43 bits per heavy atom. The van der Waals surface area contributed by atoms with Gasteiger partial charge in [-0.25, -0.2) is 13.3 Å². The zero-order valence-corrected chi connectivity index (χ0v) is 7.49. The van der Waals surface area contributed by atoms with Gasteiger partial charge < -0.3 is 0 Å². The van der Waals surface area contributed by atoms with Crippen LogP contribution in [-0.2, 0) is 18.1 Å². The molecule has 0 aliphatic heterocycles. The maximum absolute atomic E-state index is 11.5. The smallest absolute Gasteiger partial charge is 0.277 e. The number of hydrogen-bond acceptors (Lipinski definition) is 4. The summed E-state index contributed by atoms with van der Waals surface area (Å²) in [6.45, 7) is -5.41. The van der Waals surface area contributed by atoms with Crippen LogP contribution in [0.25, 0.3) is 0 Å². The lowest BCUT2D eigenvalue weighted by Crippen LogP contribution is -2.17. The third-order valence-electron chi connectivity index (χ3n) is 0.800. The van der Waals surface area contributed by atoms with Crippen molar-refractivity contribution >= 4 is 7.82 Å². The molecule has 0 amide bonds. The highest BCUT2D eigenvalue weighted by atomic mass is 31.2. The van der Waals surface area contributed by atoms with E-state index in [1.54, 1.807) is 0 Å². The van der Waals surface area contributed by atoms with Gasteiger partial charge in [-0.05, 0) is 0 Å². The van der Waals surface area contributed by atoms with E-state index in [2.05, 4.69) is 13.6 Å². The maximum atomic E-state index is 11.5. The first-order chi connectivity index (χ1) is 6.33. The van der Waals surface area contributed by atoms with Gasteiger partial charge in [-0.15, -0.1) is 0 Å². The van der Waals surface area contributed by atoms with Gasteiger partial charge in [0.2, 0.25) is 0 Å². The van der Waals surface area contributed by atoms with Crippen molar-refractivity contribution in [3.05, 3.63) is 0 Å². The summed E-state index contributed by atoms with van der Waals surface area (Å²) in [5.74, 6) is 0. The molecule has 0 radical (unpaired) electrons. The second-order valence-electron chi connectivity index (χ2n) is 1.81. The SMILES string of the molecule is O=P(OCF)(OCF)OCC(F)(F)F. The molecule has 0 atom stereocenters. The van der Waals surface area contributed by atoms with Crippen molar-refractivity contribution in [2.75, 3.05) is 20.3 Å². The molecule has 0 N–H and O–H groups in total. The molecule has 10 heteroatoms. The van der Waals surface area contributed by atoms with Gasteiger partial charge in [-0.3, -0.25) is 13.6 Å². The fourth-order valence-corrected chi connectivity index (χ4v) is 1.15. The van der Waals surface area contributed by atoms with Gasteiger partial charge in [0, 0.05) is 0 Å². The molecule has 0 bridgehead atoms. The molecule has 0 saturated heterocycles. The first kappa shape index (κ1) is 13.8. The predicted octanol–water partition coefficient (Wildman–Crippen LogP) is 2.56. The summed E-state index contributed by atoms with van der Waals surface area (Å²) in [6.07, 6.45) is -4.80. The summed E-state index contributed by atoms with van der Waals surface area (Å²) < 4.78 is 79.0. The minimum absolute atomic E-state index is 1.71. The molecule has 0 aromatic rings. The zero-order valence-electron chi connectivity index (χ0n) is 6.59. The molecule has 0 aromatic heterocycles. The second-order valence-corrected chi connectivity index (χ2v) is 3.48. The van der Waals surface area contributed by atoms with Crippen molar-refractivity contribution in [1.82, 2.24) is 0 Å². The van der Waals surface area contributed by atoms with Crippen molar-refractivity contribution in [2.45, 2.75) is 6.18 Å². The highest BCUT2D eigenvalue weighted by Gasteiger charge is 2.36. The van der Waals surface area contributed by atoms with Crippen molar-refractivity contribution in [1.29, 1.82) is 0 Å². The standard InChI is InChI=1S/C4H6F5O4P/c5-2-12-14(10,13-3-6)11-1-4(7,8)9/h1-3H2. The fraction of sp³-hybridized carbons (Fsp3) is 1.00. The minimum atomic E-state index is -4.80. The number of hydrogen-bond donors (Lipinski definition) is 0. The zero-order chi connectivity index (χ0) is 11.2. The molecule has 14 heavy (non-hydrogen) atoms. The van der Waals surface area contributed by atoms with Crippen LogP contribution in [0.2, 0.25) is 0 Å². The van der Waals surface area contributed by atoms with Crippen LogP contribution >= 0.6 is 7.82 Å². The third-order valence-corrected chi connectivity index (χ3v) is 2.07. The Bertz CT molecular complexity index is 196. The molecule has 0 rings (SSSR count). The fourth-order valence-electron chi connectivity index (χ4n) is 0.384. The molecule has 0 fully saturated rings. The van der Waals surface area contributed by atoms with Gasteiger partial charge >= 0.3 is 14.0 Å². The lowest BCUT2D eigenvalue weighted by atomic mass is 10.7. The lowest BCUT2D eigenvalue weighted by Gasteiger charge is -2.15. The Labute approximate surface area is 75.6 Å². The summed E-state index contributed by atoms with van der Waals surface area (Å²) in [7, 11) is -4.79. The Balaban J connectivity index is 4.16. The lowest BCUT2D eigenvalue weighted by molar-refractivity contribution is -0.159. The number of halogens is 5. The molecule has 0 aliphatic rings. The van der Waals surface area contributed by atoms with Crippen molar-refractivity contribution in [2.24, 2.45) is 0 Å². The highest BCUT2D eigenvalue weighted by molar-refractivity contribution is 7.48. The summed E-state index contributed by atoms with van der Waals surface area (Å²) in [6, 6.07) is 0. The molecule has 86 valence electrons. The first-order valence-corrected chi connectivity index (χ1v) is 4.51. The molecule has 0 spiro atoms. The number of phosphoric acid groups is 1. The molecular formula is C4H6F5O4P. The first-order valence-electron chi connectivity index (χ1n) is 3.05. The highest BCUT2D eigenvalue weighted by Crippen LogP contribution is 2.50. The minimum Gasteiger partial charge on any atom is -0.277 e. The van der Waals surface area contributed by atoms with Gasteiger partial charge in [0.1, 0.15) is 0 Å². The Morgan fingerprint density at radius 1 is 1.00 bits per heavy atom. The van der Waals surface area contributed by atoms with Crippen LogP contribution in [0.1, 0.15) is 0 Å². The number of alkyl halides is 5. The van der Waals surface area contributed by atoms with E-state index in [-0.39, 0.29) is 0 Å². The average Bonchev–Trinajstić information content (AvgIpc) is 2.01. The van der Waals surface area contributed by atoms with Crippen molar-refractivity contribution < 1.29 is 40.1 Å². The van der Waals surface area contributed by atoms with Crippen LogP contribution in [0.4, 0.5) is 22.0 Å². The summed E-state index contributed by atoms with van der Waals surface area (Å²) in [5.41, 5.74) is 0. The maximum Gasteiger partial charge on any atom is 0.479 e. The van der Waals surface area contributed by atoms with Gasteiger partial charge in [-0.2, -0.15) is 13.2 Å². The van der Waals surface area contributed by atoms with E-state index < -0.39 is 34.3 Å². The second kappa shape index (κ2) is 5.59. The normalized spacial score (nSPS) is 13.2. The van der Waals surface area contributed by atoms with E-state index in [4.69, 9.17) is 0 Å². The van der Waals surface area contributed by atoms with Crippen LogP contribution in [0.3, 0.4) is 0 Å². The molecule has 0 aromatic carbocycles. The van der Waals surface area contributed by atoms with Crippen molar-refractivity contribution in [3.63, 3.8) is 0 Å². The average molecular weight is 244 g/mol. The summed E-state index contributed by atoms with van der Waals surface area (Å²) in [4.78, 5) is 0. The van der Waals surface area contributed by atoms with Gasteiger partial charge in [-0.1, -0.05) is 0 Å². The van der Waals surface area contributed by atoms with E-state index in [0.29, 0.717) is 0 Å². The van der Waals surface area contributed by atoms with E-state index in [9.17, 15) is 26.5 Å². The summed E-state index contributed by atoms with van der Waals surface area (Å²) >= 11 is 0.